The number of nitrogens with one attached hydrogen (secondary N) is 1. The smallest absolute Gasteiger partial charge is 0.335 e. The van der Waals surface area contributed by atoms with Gasteiger partial charge < -0.3 is 19.5 Å². The Morgan fingerprint density at radius 2 is 1.75 bits per heavy atom. The molecular formula is C30H28N2O7S. The van der Waals surface area contributed by atoms with Gasteiger partial charge in [0, 0.05) is 30.1 Å². The summed E-state index contributed by atoms with van der Waals surface area (Å²) in [5.74, 6) is 3.37. The first-order valence-corrected chi connectivity index (χ1v) is 13.8. The first-order chi connectivity index (χ1) is 19.1. The van der Waals surface area contributed by atoms with E-state index in [1.807, 2.05) is 35.8 Å². The van der Waals surface area contributed by atoms with Crippen LogP contribution in [0, 0.1) is 18.8 Å². The predicted molar refractivity (Wildman–Crippen MR) is 150 cm³/mol. The first-order valence-electron chi connectivity index (χ1n) is 12.4. The molecule has 0 bridgehead atoms. The van der Waals surface area contributed by atoms with Crippen molar-refractivity contribution in [3.8, 4) is 17.6 Å². The molecule has 0 radical (unpaired) electrons. The van der Waals surface area contributed by atoms with Gasteiger partial charge in [0.1, 0.15) is 18.4 Å². The van der Waals surface area contributed by atoms with E-state index >= 15 is 0 Å². The molecule has 3 N–H and O–H groups in total. The molecule has 0 spiro atoms. The summed E-state index contributed by atoms with van der Waals surface area (Å²) in [7, 11) is -4.20. The number of benzene rings is 3. The first kappa shape index (κ1) is 28.4. The topological polar surface area (TPSA) is 135 Å². The second kappa shape index (κ2) is 12.1. The number of sulfonamides is 1. The summed E-state index contributed by atoms with van der Waals surface area (Å²) >= 11 is 0. The van der Waals surface area contributed by atoms with Crippen LogP contribution < -0.4 is 9.46 Å². The Balaban J connectivity index is 1.65. The molecule has 0 saturated carbocycles. The lowest BCUT2D eigenvalue weighted by atomic mass is 10.0. The van der Waals surface area contributed by atoms with Crippen molar-refractivity contribution in [3.05, 3.63) is 95.2 Å². The van der Waals surface area contributed by atoms with E-state index in [0.717, 1.165) is 11.1 Å². The molecule has 1 aromatic heterocycles. The summed E-state index contributed by atoms with van der Waals surface area (Å²) in [5.41, 5.74) is 3.36. The second-order valence-electron chi connectivity index (χ2n) is 9.15. The molecule has 0 aliphatic carbocycles. The number of fused-ring (bicyclic) bond motifs is 1. The number of aromatic carboxylic acids is 1. The van der Waals surface area contributed by atoms with Crippen LogP contribution in [0.4, 0.5) is 0 Å². The fourth-order valence-electron chi connectivity index (χ4n) is 4.33. The van der Waals surface area contributed by atoms with Gasteiger partial charge in [-0.05, 0) is 73.0 Å². The molecule has 1 unspecified atom stereocenters. The molecule has 0 aliphatic heterocycles. The lowest BCUT2D eigenvalue weighted by molar-refractivity contribution is -0.138. The number of rotatable bonds is 11. The zero-order valence-corrected chi connectivity index (χ0v) is 22.7. The summed E-state index contributed by atoms with van der Waals surface area (Å²) in [6.45, 7) is 4.29. The lowest BCUT2D eigenvalue weighted by Crippen LogP contribution is -2.42. The minimum absolute atomic E-state index is 0.0436. The molecular weight excluding hydrogens is 532 g/mol. The van der Waals surface area contributed by atoms with E-state index in [1.54, 1.807) is 19.2 Å². The third-order valence-electron chi connectivity index (χ3n) is 6.45. The van der Waals surface area contributed by atoms with Crippen molar-refractivity contribution in [1.82, 2.24) is 9.29 Å². The van der Waals surface area contributed by atoms with E-state index < -0.39 is 28.0 Å². The van der Waals surface area contributed by atoms with Crippen molar-refractivity contribution in [2.45, 2.75) is 37.8 Å². The fourth-order valence-corrected chi connectivity index (χ4v) is 5.52. The van der Waals surface area contributed by atoms with Gasteiger partial charge in [0.2, 0.25) is 10.0 Å². The van der Waals surface area contributed by atoms with Crippen molar-refractivity contribution < 1.29 is 33.0 Å². The highest BCUT2D eigenvalue weighted by molar-refractivity contribution is 7.89. The maximum atomic E-state index is 13.1. The van der Waals surface area contributed by atoms with Crippen LogP contribution in [0.5, 0.6) is 5.75 Å². The standard InChI is InChI=1S/C30H28N2O7S/c1-3-4-15-39-24-10-12-25(13-11-24)40(37,38)31-27(30(35)36)17-23-19-32(18-22-8-6-5-7-20(22)2)28-14-9-21(29(33)34)16-26(23)28/h5-14,16,19,27,31H,15,17-18H2,1-2H3,(H,33,34)(H,35,36). The number of hydrogen-bond donors (Lipinski definition) is 3. The SMILES string of the molecule is CC#CCOc1ccc(S(=O)(=O)NC(Cc2cn(Cc3ccccc3C)c3ccc(C(=O)O)cc23)C(=O)O)cc1. The average Bonchev–Trinajstić information content (AvgIpc) is 3.26. The van der Waals surface area contributed by atoms with Crippen molar-refractivity contribution in [1.29, 1.82) is 0 Å². The van der Waals surface area contributed by atoms with E-state index in [4.69, 9.17) is 4.74 Å². The molecule has 3 aromatic carbocycles. The van der Waals surface area contributed by atoms with Gasteiger partial charge in [0.25, 0.3) is 0 Å². The van der Waals surface area contributed by atoms with Gasteiger partial charge in [0.15, 0.2) is 0 Å². The Morgan fingerprint density at radius 3 is 2.40 bits per heavy atom. The number of ether oxygens (including phenoxy) is 1. The maximum absolute atomic E-state index is 13.1. The van der Waals surface area contributed by atoms with Crippen molar-refractivity contribution in [2.24, 2.45) is 0 Å². The summed E-state index contributed by atoms with van der Waals surface area (Å²) in [4.78, 5) is 23.7. The largest absolute Gasteiger partial charge is 0.481 e. The molecule has 4 rings (SSSR count). The Morgan fingerprint density at radius 1 is 1.02 bits per heavy atom. The monoisotopic (exact) mass is 560 g/mol. The number of carboxylic acid groups (broad SMARTS) is 2. The van der Waals surface area contributed by atoms with Crippen LogP contribution in [-0.4, -0.2) is 47.8 Å². The summed E-state index contributed by atoms with van der Waals surface area (Å²) in [6.07, 6.45) is 1.55. The second-order valence-corrected chi connectivity index (χ2v) is 10.9. The minimum atomic E-state index is -4.20. The Bertz CT molecular complexity index is 1730. The third-order valence-corrected chi connectivity index (χ3v) is 7.94. The van der Waals surface area contributed by atoms with Crippen LogP contribution in [-0.2, 0) is 27.8 Å². The molecule has 0 amide bonds. The normalized spacial score (nSPS) is 11.9. The van der Waals surface area contributed by atoms with Crippen LogP contribution in [0.3, 0.4) is 0 Å². The van der Waals surface area contributed by atoms with Gasteiger partial charge in [-0.25, -0.2) is 13.2 Å². The molecule has 0 fully saturated rings. The molecule has 10 heteroatoms. The molecule has 4 aromatic rings. The average molecular weight is 561 g/mol. The third kappa shape index (κ3) is 6.51. The van der Waals surface area contributed by atoms with Gasteiger partial charge in [0.05, 0.1) is 10.5 Å². The van der Waals surface area contributed by atoms with Gasteiger partial charge >= 0.3 is 11.9 Å². The van der Waals surface area contributed by atoms with Gasteiger partial charge in [-0.3, -0.25) is 4.79 Å². The Kier molecular flexibility index (Phi) is 8.58. The zero-order chi connectivity index (χ0) is 28.9. The fraction of sp³-hybridized carbons (Fsp3) is 0.200. The van der Waals surface area contributed by atoms with E-state index in [0.29, 0.717) is 28.8 Å². The van der Waals surface area contributed by atoms with Crippen LogP contribution in [0.1, 0.15) is 34.0 Å². The van der Waals surface area contributed by atoms with E-state index in [9.17, 15) is 28.2 Å². The molecule has 40 heavy (non-hydrogen) atoms. The zero-order valence-electron chi connectivity index (χ0n) is 21.9. The van der Waals surface area contributed by atoms with Crippen LogP contribution >= 0.6 is 0 Å². The predicted octanol–water partition coefficient (Wildman–Crippen LogP) is 4.07. The van der Waals surface area contributed by atoms with Crippen LogP contribution in [0.25, 0.3) is 10.9 Å². The van der Waals surface area contributed by atoms with Crippen LogP contribution in [0.15, 0.2) is 77.8 Å². The number of hydrogen-bond acceptors (Lipinski definition) is 5. The van der Waals surface area contributed by atoms with Gasteiger partial charge in [-0.15, -0.1) is 5.92 Å². The highest BCUT2D eigenvalue weighted by Gasteiger charge is 2.27. The summed E-state index contributed by atoms with van der Waals surface area (Å²) in [5, 5.41) is 20.0. The van der Waals surface area contributed by atoms with E-state index in [-0.39, 0.29) is 23.5 Å². The molecule has 0 aliphatic rings. The van der Waals surface area contributed by atoms with E-state index in [1.165, 1.54) is 36.4 Å². The van der Waals surface area contributed by atoms with Crippen molar-refractivity contribution in [3.63, 3.8) is 0 Å². The van der Waals surface area contributed by atoms with Gasteiger partial charge in [-0.2, -0.15) is 4.72 Å². The number of carbonyl (C=O) groups is 2. The highest BCUT2D eigenvalue weighted by Crippen LogP contribution is 2.26. The highest BCUT2D eigenvalue weighted by atomic mass is 32.2. The van der Waals surface area contributed by atoms with Crippen molar-refractivity contribution in [2.75, 3.05) is 6.61 Å². The Hall–Kier alpha value is -4.59. The minimum Gasteiger partial charge on any atom is -0.481 e. The number of aryl methyl sites for hydroxylation is 1. The number of nitrogens with zero attached hydrogens (tertiary/aromatic N) is 1. The lowest BCUT2D eigenvalue weighted by Gasteiger charge is -2.15. The van der Waals surface area contributed by atoms with E-state index in [2.05, 4.69) is 16.6 Å². The summed E-state index contributed by atoms with van der Waals surface area (Å²) < 4.78 is 35.8. The number of aliphatic carboxylic acids is 1. The number of carboxylic acids is 2. The molecule has 206 valence electrons. The number of aromatic nitrogens is 1. The summed E-state index contributed by atoms with van der Waals surface area (Å²) in [6, 6.07) is 16.5. The molecule has 1 atom stereocenters. The quantitative estimate of drug-likeness (QED) is 0.235. The molecule has 9 nitrogen and oxygen atoms in total. The van der Waals surface area contributed by atoms with Gasteiger partial charge in [-0.1, -0.05) is 30.2 Å². The maximum Gasteiger partial charge on any atom is 0.335 e. The molecule has 0 saturated heterocycles. The van der Waals surface area contributed by atoms with Crippen molar-refractivity contribution >= 4 is 32.9 Å². The Labute approximate surface area is 232 Å². The molecule has 1 heterocycles. The van der Waals surface area contributed by atoms with Crippen LogP contribution in [0.2, 0.25) is 0 Å².